The molecule has 1 heterocycles. The number of halogens is 1. The number of nitrogens with zero attached hydrogens (tertiary/aromatic N) is 2. The maximum atomic E-state index is 10.5. The Morgan fingerprint density at radius 2 is 2.45 bits per heavy atom. The van der Waals surface area contributed by atoms with Crippen LogP contribution in [0.2, 0.25) is 0 Å². The topological polar surface area (TPSA) is 65.2 Å². The van der Waals surface area contributed by atoms with Crippen LogP contribution in [0.4, 0.5) is 0 Å². The standard InChI is InChI=1S/C5H5ClN2O3/c1-2-10-5-3(4(6)9)7-11-8-5/h2H2,1H3. The van der Waals surface area contributed by atoms with Crippen molar-refractivity contribution in [2.75, 3.05) is 6.61 Å². The molecule has 0 unspecified atom stereocenters. The lowest BCUT2D eigenvalue weighted by Gasteiger charge is -1.93. The summed E-state index contributed by atoms with van der Waals surface area (Å²) < 4.78 is 9.09. The van der Waals surface area contributed by atoms with Crippen LogP contribution in [0.5, 0.6) is 5.88 Å². The van der Waals surface area contributed by atoms with E-state index in [1.807, 2.05) is 0 Å². The first-order chi connectivity index (χ1) is 5.25. The van der Waals surface area contributed by atoms with Gasteiger partial charge in [-0.2, -0.15) is 0 Å². The maximum Gasteiger partial charge on any atom is 0.288 e. The highest BCUT2D eigenvalue weighted by Gasteiger charge is 2.16. The van der Waals surface area contributed by atoms with Gasteiger partial charge in [-0.25, -0.2) is 4.63 Å². The second kappa shape index (κ2) is 3.34. The van der Waals surface area contributed by atoms with E-state index in [1.165, 1.54) is 0 Å². The van der Waals surface area contributed by atoms with E-state index >= 15 is 0 Å². The van der Waals surface area contributed by atoms with Gasteiger partial charge in [-0.1, -0.05) is 0 Å². The first kappa shape index (κ1) is 8.00. The molecule has 5 nitrogen and oxygen atoms in total. The van der Waals surface area contributed by atoms with Crippen LogP contribution < -0.4 is 4.74 Å². The Kier molecular flexibility index (Phi) is 2.43. The zero-order valence-corrected chi connectivity index (χ0v) is 6.46. The number of aromatic nitrogens is 2. The van der Waals surface area contributed by atoms with Gasteiger partial charge in [-0.05, 0) is 28.8 Å². The minimum Gasteiger partial charge on any atom is -0.474 e. The lowest BCUT2D eigenvalue weighted by molar-refractivity contribution is 0.107. The van der Waals surface area contributed by atoms with Crippen LogP contribution in [-0.4, -0.2) is 22.2 Å². The van der Waals surface area contributed by atoms with Crippen molar-refractivity contribution in [2.45, 2.75) is 6.92 Å². The number of carbonyl (C=O) groups excluding carboxylic acids is 1. The molecule has 0 N–H and O–H groups in total. The summed E-state index contributed by atoms with van der Waals surface area (Å²) in [5, 5.41) is 5.81. The average molecular weight is 177 g/mol. The van der Waals surface area contributed by atoms with Gasteiger partial charge in [0.05, 0.1) is 6.61 Å². The van der Waals surface area contributed by atoms with Crippen LogP contribution in [0.3, 0.4) is 0 Å². The molecule has 0 aliphatic heterocycles. The summed E-state index contributed by atoms with van der Waals surface area (Å²) in [4.78, 5) is 10.5. The molecule has 0 saturated heterocycles. The van der Waals surface area contributed by atoms with Crippen molar-refractivity contribution in [1.82, 2.24) is 10.3 Å². The van der Waals surface area contributed by atoms with Crippen molar-refractivity contribution in [2.24, 2.45) is 0 Å². The number of rotatable bonds is 3. The van der Waals surface area contributed by atoms with Crippen LogP contribution in [-0.2, 0) is 0 Å². The molecule has 1 rings (SSSR count). The molecule has 0 aromatic carbocycles. The lowest BCUT2D eigenvalue weighted by Crippen LogP contribution is -1.98. The van der Waals surface area contributed by atoms with Crippen molar-refractivity contribution < 1.29 is 14.2 Å². The molecule has 1 aromatic rings. The number of ether oxygens (including phenoxy) is 1. The van der Waals surface area contributed by atoms with Crippen molar-refractivity contribution in [3.05, 3.63) is 5.69 Å². The van der Waals surface area contributed by atoms with Gasteiger partial charge in [0, 0.05) is 0 Å². The summed E-state index contributed by atoms with van der Waals surface area (Å²) in [6, 6.07) is 0. The molecule has 11 heavy (non-hydrogen) atoms. The molecular formula is C5H5ClN2O3. The summed E-state index contributed by atoms with van der Waals surface area (Å²) in [7, 11) is 0. The Labute approximate surface area is 67.2 Å². The summed E-state index contributed by atoms with van der Waals surface area (Å²) >= 11 is 5.10. The average Bonchev–Trinajstić information content (AvgIpc) is 2.36. The van der Waals surface area contributed by atoms with Crippen LogP contribution in [0.1, 0.15) is 17.4 Å². The second-order valence-corrected chi connectivity index (χ2v) is 1.97. The van der Waals surface area contributed by atoms with Crippen molar-refractivity contribution in [3.8, 4) is 5.88 Å². The summed E-state index contributed by atoms with van der Waals surface area (Å²) in [5.41, 5.74) is -0.0893. The number of hydrogen-bond acceptors (Lipinski definition) is 5. The van der Waals surface area contributed by atoms with Crippen molar-refractivity contribution in [3.63, 3.8) is 0 Å². The van der Waals surface area contributed by atoms with Gasteiger partial charge >= 0.3 is 0 Å². The van der Waals surface area contributed by atoms with E-state index in [9.17, 15) is 4.79 Å². The smallest absolute Gasteiger partial charge is 0.288 e. The monoisotopic (exact) mass is 176 g/mol. The molecule has 60 valence electrons. The fraction of sp³-hybridized carbons (Fsp3) is 0.400. The molecule has 0 aliphatic carbocycles. The van der Waals surface area contributed by atoms with Gasteiger partial charge in [-0.3, -0.25) is 4.79 Å². The molecule has 0 bridgehead atoms. The molecule has 0 spiro atoms. The molecule has 1 aromatic heterocycles. The van der Waals surface area contributed by atoms with Gasteiger partial charge in [0.15, 0.2) is 0 Å². The zero-order valence-electron chi connectivity index (χ0n) is 5.70. The Morgan fingerprint density at radius 3 is 3.00 bits per heavy atom. The zero-order chi connectivity index (χ0) is 8.27. The van der Waals surface area contributed by atoms with E-state index in [-0.39, 0.29) is 11.6 Å². The van der Waals surface area contributed by atoms with Crippen molar-refractivity contribution >= 4 is 16.8 Å². The molecule has 0 radical (unpaired) electrons. The van der Waals surface area contributed by atoms with E-state index < -0.39 is 5.24 Å². The largest absolute Gasteiger partial charge is 0.474 e. The number of carbonyl (C=O) groups is 1. The molecule has 0 saturated carbocycles. The highest BCUT2D eigenvalue weighted by molar-refractivity contribution is 6.67. The number of hydrogen-bond donors (Lipinski definition) is 0. The quantitative estimate of drug-likeness (QED) is 0.639. The first-order valence-corrected chi connectivity index (χ1v) is 3.28. The fourth-order valence-corrected chi connectivity index (χ4v) is 0.647. The van der Waals surface area contributed by atoms with E-state index in [4.69, 9.17) is 16.3 Å². The molecule has 0 fully saturated rings. The molecule has 6 heteroatoms. The third-order valence-electron chi connectivity index (χ3n) is 0.926. The summed E-state index contributed by atoms with van der Waals surface area (Å²) in [6.45, 7) is 2.13. The predicted octanol–water partition coefficient (Wildman–Crippen LogP) is 0.847. The Morgan fingerprint density at radius 1 is 1.73 bits per heavy atom. The van der Waals surface area contributed by atoms with Crippen LogP contribution in [0.15, 0.2) is 4.63 Å². The lowest BCUT2D eigenvalue weighted by atomic mass is 10.5. The molecule has 0 atom stereocenters. The van der Waals surface area contributed by atoms with E-state index in [2.05, 4.69) is 14.9 Å². The van der Waals surface area contributed by atoms with E-state index in [0.717, 1.165) is 0 Å². The van der Waals surface area contributed by atoms with E-state index in [0.29, 0.717) is 6.61 Å². The van der Waals surface area contributed by atoms with Crippen LogP contribution in [0.25, 0.3) is 0 Å². The third-order valence-corrected chi connectivity index (χ3v) is 1.10. The minimum absolute atomic E-state index is 0.0347. The maximum absolute atomic E-state index is 10.5. The van der Waals surface area contributed by atoms with E-state index in [1.54, 1.807) is 6.92 Å². The first-order valence-electron chi connectivity index (χ1n) is 2.91. The predicted molar refractivity (Wildman–Crippen MR) is 35.7 cm³/mol. The van der Waals surface area contributed by atoms with Crippen molar-refractivity contribution in [1.29, 1.82) is 0 Å². The van der Waals surface area contributed by atoms with Gasteiger partial charge in [-0.15, -0.1) is 0 Å². The van der Waals surface area contributed by atoms with Gasteiger partial charge in [0.25, 0.3) is 11.1 Å². The molecule has 0 aliphatic rings. The highest BCUT2D eigenvalue weighted by atomic mass is 35.5. The SMILES string of the molecule is CCOc1nonc1C(=O)Cl. The Bertz CT molecular complexity index is 260. The molecule has 0 amide bonds. The summed E-state index contributed by atoms with van der Waals surface area (Å²) in [5.74, 6) is 0.0347. The highest BCUT2D eigenvalue weighted by Crippen LogP contribution is 2.13. The summed E-state index contributed by atoms with van der Waals surface area (Å²) in [6.07, 6.45) is 0. The van der Waals surface area contributed by atoms with Gasteiger partial charge in [0.2, 0.25) is 5.69 Å². The Hall–Kier alpha value is -1.10. The van der Waals surface area contributed by atoms with Crippen LogP contribution >= 0.6 is 11.6 Å². The minimum atomic E-state index is -0.741. The normalized spacial score (nSPS) is 9.64. The second-order valence-electron chi connectivity index (χ2n) is 1.62. The van der Waals surface area contributed by atoms with Gasteiger partial charge in [0.1, 0.15) is 0 Å². The van der Waals surface area contributed by atoms with Gasteiger partial charge < -0.3 is 4.74 Å². The third kappa shape index (κ3) is 1.68. The Balaban J connectivity index is 2.87. The fourth-order valence-electron chi connectivity index (χ4n) is 0.532. The van der Waals surface area contributed by atoms with Crippen LogP contribution in [0, 0.1) is 0 Å². The molecular weight excluding hydrogens is 172 g/mol.